The number of carbonyl (C=O) groups excluding carboxylic acids is 1. The number of rotatable bonds is 2. The zero-order chi connectivity index (χ0) is 10.2. The first-order valence-corrected chi connectivity index (χ1v) is 2.59. The summed E-state index contributed by atoms with van der Waals surface area (Å²) in [5, 5.41) is 8.07. The normalized spacial score (nSPS) is 16.8. The van der Waals surface area contributed by atoms with E-state index in [1.165, 1.54) is 0 Å². The van der Waals surface area contributed by atoms with Crippen molar-refractivity contribution in [3.05, 3.63) is 6.92 Å². The topological polar surface area (TPSA) is 80.4 Å². The summed E-state index contributed by atoms with van der Waals surface area (Å²) in [7, 11) is 0. The van der Waals surface area contributed by atoms with Gasteiger partial charge >= 0.3 is 12.1 Å². The van der Waals surface area contributed by atoms with Crippen LogP contribution in [0.5, 0.6) is 0 Å². The molecule has 0 aromatic heterocycles. The van der Waals surface area contributed by atoms with Crippen molar-refractivity contribution >= 4 is 11.8 Å². The number of halogens is 3. The monoisotopic (exact) mass is 184 g/mol. The highest BCUT2D eigenvalue weighted by Crippen LogP contribution is 2.21. The number of ketones is 1. The molecule has 1 radical (unpaired) electrons. The third-order valence-electron chi connectivity index (χ3n) is 1.04. The van der Waals surface area contributed by atoms with Crippen LogP contribution in [-0.2, 0) is 9.59 Å². The molecule has 0 fully saturated rings. The van der Waals surface area contributed by atoms with Crippen molar-refractivity contribution in [2.24, 2.45) is 5.73 Å². The first kappa shape index (κ1) is 10.9. The number of carbonyl (C=O) groups is 2. The standard InChI is InChI=1S/C5H5F3NO3/c1-4(9,3(11)12)2(10)5(6,7)8/h1,9H2,(H,11,12). The summed E-state index contributed by atoms with van der Waals surface area (Å²) in [6.07, 6.45) is -5.28. The minimum Gasteiger partial charge on any atom is -0.480 e. The number of carboxylic acids is 1. The average Bonchev–Trinajstić information content (AvgIpc) is 1.83. The Morgan fingerprint density at radius 3 is 1.75 bits per heavy atom. The summed E-state index contributed by atoms with van der Waals surface area (Å²) in [4.78, 5) is 20.2. The highest BCUT2D eigenvalue weighted by atomic mass is 19.4. The van der Waals surface area contributed by atoms with Crippen LogP contribution in [0.2, 0.25) is 0 Å². The fraction of sp³-hybridized carbons (Fsp3) is 0.400. The van der Waals surface area contributed by atoms with E-state index in [0.29, 0.717) is 0 Å². The van der Waals surface area contributed by atoms with E-state index in [-0.39, 0.29) is 0 Å². The minimum atomic E-state index is -5.28. The molecule has 0 aromatic rings. The maximum Gasteiger partial charge on any atom is 0.452 e. The highest BCUT2D eigenvalue weighted by Gasteiger charge is 2.52. The van der Waals surface area contributed by atoms with Gasteiger partial charge in [-0.25, -0.2) is 4.79 Å². The number of alkyl halides is 3. The number of Topliss-reactive ketones (excluding diaryl/α,β-unsaturated/α-hetero) is 1. The number of hydrogen-bond donors (Lipinski definition) is 2. The quantitative estimate of drug-likeness (QED) is 0.579. The molecule has 0 rings (SSSR count). The van der Waals surface area contributed by atoms with Crippen LogP contribution in [0.1, 0.15) is 0 Å². The van der Waals surface area contributed by atoms with Crippen LogP contribution in [0.4, 0.5) is 13.2 Å². The largest absolute Gasteiger partial charge is 0.480 e. The molecule has 0 amide bonds. The Morgan fingerprint density at radius 2 is 1.67 bits per heavy atom. The van der Waals surface area contributed by atoms with Gasteiger partial charge in [-0.3, -0.25) is 4.79 Å². The van der Waals surface area contributed by atoms with Crippen molar-refractivity contribution in [1.29, 1.82) is 0 Å². The van der Waals surface area contributed by atoms with Gasteiger partial charge in [-0.2, -0.15) is 13.2 Å². The fourth-order valence-electron chi connectivity index (χ4n) is 0.350. The second-order valence-corrected chi connectivity index (χ2v) is 2.10. The molecule has 1 unspecified atom stereocenters. The third kappa shape index (κ3) is 1.94. The molecule has 0 spiro atoms. The molecule has 0 heterocycles. The molecule has 7 heteroatoms. The van der Waals surface area contributed by atoms with Gasteiger partial charge in [0.05, 0.1) is 0 Å². The van der Waals surface area contributed by atoms with Crippen LogP contribution >= 0.6 is 0 Å². The number of carboxylic acid groups (broad SMARTS) is 1. The van der Waals surface area contributed by atoms with Gasteiger partial charge in [0.2, 0.25) is 0 Å². The van der Waals surface area contributed by atoms with Crippen molar-refractivity contribution in [1.82, 2.24) is 0 Å². The lowest BCUT2D eigenvalue weighted by atomic mass is 9.98. The van der Waals surface area contributed by atoms with Gasteiger partial charge in [-0.15, -0.1) is 0 Å². The van der Waals surface area contributed by atoms with E-state index < -0.39 is 23.5 Å². The van der Waals surface area contributed by atoms with E-state index in [1.807, 2.05) is 0 Å². The molecular weight excluding hydrogens is 179 g/mol. The van der Waals surface area contributed by atoms with E-state index in [4.69, 9.17) is 5.11 Å². The summed E-state index contributed by atoms with van der Waals surface area (Å²) < 4.78 is 34.7. The molecule has 0 saturated heterocycles. The fourth-order valence-corrected chi connectivity index (χ4v) is 0.350. The van der Waals surface area contributed by atoms with E-state index in [2.05, 4.69) is 12.7 Å². The summed E-state index contributed by atoms with van der Waals surface area (Å²) in [5.41, 5.74) is 1.35. The van der Waals surface area contributed by atoms with Gasteiger partial charge in [0.15, 0.2) is 5.54 Å². The zero-order valence-corrected chi connectivity index (χ0v) is 5.68. The van der Waals surface area contributed by atoms with Crippen molar-refractivity contribution < 1.29 is 27.9 Å². The summed E-state index contributed by atoms with van der Waals surface area (Å²) in [5.74, 6) is -4.70. The molecule has 12 heavy (non-hydrogen) atoms. The Balaban J connectivity index is 4.83. The molecule has 0 saturated carbocycles. The SMILES string of the molecule is [CH2]C(N)(C(=O)O)C(=O)C(F)(F)F. The third-order valence-corrected chi connectivity index (χ3v) is 1.04. The first-order valence-electron chi connectivity index (χ1n) is 2.59. The zero-order valence-electron chi connectivity index (χ0n) is 5.68. The maximum atomic E-state index is 11.6. The molecule has 69 valence electrons. The van der Waals surface area contributed by atoms with Crippen LogP contribution in [-0.4, -0.2) is 28.6 Å². The van der Waals surface area contributed by atoms with Crippen LogP contribution < -0.4 is 5.73 Å². The number of aliphatic carboxylic acids is 1. The molecule has 1 atom stereocenters. The molecule has 3 N–H and O–H groups in total. The Labute approximate surface area is 65.2 Å². The van der Waals surface area contributed by atoms with Gasteiger partial charge in [-0.05, 0) is 6.92 Å². The van der Waals surface area contributed by atoms with Gasteiger partial charge in [-0.1, -0.05) is 0 Å². The lowest BCUT2D eigenvalue weighted by Crippen LogP contribution is -2.57. The molecule has 0 aromatic carbocycles. The number of nitrogens with two attached hydrogens (primary N) is 1. The van der Waals surface area contributed by atoms with Crippen molar-refractivity contribution in [2.45, 2.75) is 11.7 Å². The highest BCUT2D eigenvalue weighted by molar-refractivity contribution is 6.10. The van der Waals surface area contributed by atoms with Gasteiger partial charge in [0.25, 0.3) is 5.78 Å². The predicted molar refractivity (Wildman–Crippen MR) is 31.0 cm³/mol. The lowest BCUT2D eigenvalue weighted by molar-refractivity contribution is -0.179. The molecule has 0 aliphatic rings. The number of hydrogen-bond acceptors (Lipinski definition) is 3. The Kier molecular flexibility index (Phi) is 2.49. The summed E-state index contributed by atoms with van der Waals surface area (Å²) >= 11 is 0. The van der Waals surface area contributed by atoms with Crippen LogP contribution in [0.15, 0.2) is 0 Å². The van der Waals surface area contributed by atoms with E-state index in [9.17, 15) is 22.8 Å². The molecule has 0 aliphatic heterocycles. The van der Waals surface area contributed by atoms with E-state index in [0.717, 1.165) is 0 Å². The molecular formula is C5H5F3NO3. The summed E-state index contributed by atoms with van der Waals surface area (Å²) in [6.45, 7) is 2.44. The smallest absolute Gasteiger partial charge is 0.452 e. The van der Waals surface area contributed by atoms with Crippen LogP contribution in [0.3, 0.4) is 0 Å². The van der Waals surface area contributed by atoms with Crippen molar-refractivity contribution in [2.75, 3.05) is 0 Å². The summed E-state index contributed by atoms with van der Waals surface area (Å²) in [6, 6.07) is 0. The van der Waals surface area contributed by atoms with Crippen molar-refractivity contribution in [3.8, 4) is 0 Å². The second kappa shape index (κ2) is 2.74. The molecule has 4 nitrogen and oxygen atoms in total. The minimum absolute atomic E-state index is 2.12. The Hall–Kier alpha value is -1.11. The first-order chi connectivity index (χ1) is 5.10. The second-order valence-electron chi connectivity index (χ2n) is 2.10. The molecule has 0 aliphatic carbocycles. The van der Waals surface area contributed by atoms with Gasteiger partial charge in [0, 0.05) is 0 Å². The van der Waals surface area contributed by atoms with E-state index >= 15 is 0 Å². The van der Waals surface area contributed by atoms with Crippen LogP contribution in [0.25, 0.3) is 0 Å². The van der Waals surface area contributed by atoms with Crippen LogP contribution in [0, 0.1) is 6.92 Å². The maximum absolute atomic E-state index is 11.6. The van der Waals surface area contributed by atoms with Gasteiger partial charge in [0.1, 0.15) is 0 Å². The Bertz CT molecular complexity index is 220. The lowest BCUT2D eigenvalue weighted by Gasteiger charge is -2.18. The van der Waals surface area contributed by atoms with E-state index in [1.54, 1.807) is 0 Å². The Morgan fingerprint density at radius 1 is 1.33 bits per heavy atom. The average molecular weight is 184 g/mol. The predicted octanol–water partition coefficient (Wildman–Crippen LogP) is -0.266. The van der Waals surface area contributed by atoms with Gasteiger partial charge < -0.3 is 10.8 Å². The molecule has 0 bridgehead atoms. The van der Waals surface area contributed by atoms with Crippen molar-refractivity contribution in [3.63, 3.8) is 0 Å².